The number of H-pyrrole nitrogens is 1. The van der Waals surface area contributed by atoms with E-state index in [0.29, 0.717) is 4.91 Å². The SMILES string of the molecule is O=C(O)/C=C(/Sc1c[nH]c2ccccc12)c1ccccc1. The molecule has 0 fully saturated rings. The molecule has 3 nitrogen and oxygen atoms in total. The van der Waals surface area contributed by atoms with E-state index < -0.39 is 5.97 Å². The van der Waals surface area contributed by atoms with Crippen LogP contribution in [0.4, 0.5) is 0 Å². The number of hydrogen-bond donors (Lipinski definition) is 2. The van der Waals surface area contributed by atoms with Crippen molar-refractivity contribution in [2.75, 3.05) is 0 Å². The maximum Gasteiger partial charge on any atom is 0.329 e. The number of thioether (sulfide) groups is 1. The summed E-state index contributed by atoms with van der Waals surface area (Å²) in [4.78, 5) is 16.0. The summed E-state index contributed by atoms with van der Waals surface area (Å²) in [5, 5.41) is 10.2. The quantitative estimate of drug-likeness (QED) is 0.554. The minimum Gasteiger partial charge on any atom is -0.478 e. The lowest BCUT2D eigenvalue weighted by Crippen LogP contribution is -1.90. The molecule has 1 aromatic heterocycles. The van der Waals surface area contributed by atoms with E-state index in [1.807, 2.05) is 60.8 Å². The Morgan fingerprint density at radius 2 is 1.76 bits per heavy atom. The molecule has 3 rings (SSSR count). The zero-order valence-electron chi connectivity index (χ0n) is 11.1. The number of rotatable bonds is 4. The number of aromatic nitrogens is 1. The molecular formula is C17H13NO2S. The van der Waals surface area contributed by atoms with E-state index in [1.165, 1.54) is 17.8 Å². The first-order valence-corrected chi connectivity index (χ1v) is 7.30. The number of benzene rings is 2. The van der Waals surface area contributed by atoms with Crippen LogP contribution in [0.2, 0.25) is 0 Å². The summed E-state index contributed by atoms with van der Waals surface area (Å²) in [7, 11) is 0. The highest BCUT2D eigenvalue weighted by Crippen LogP contribution is 2.37. The third kappa shape index (κ3) is 3.01. The summed E-state index contributed by atoms with van der Waals surface area (Å²) in [5.41, 5.74) is 1.94. The molecule has 0 unspecified atom stereocenters. The molecule has 0 bridgehead atoms. The Labute approximate surface area is 126 Å². The third-order valence-electron chi connectivity index (χ3n) is 3.08. The monoisotopic (exact) mass is 295 g/mol. The molecule has 1 heterocycles. The highest BCUT2D eigenvalue weighted by Gasteiger charge is 2.10. The van der Waals surface area contributed by atoms with Crippen molar-refractivity contribution in [1.29, 1.82) is 0 Å². The summed E-state index contributed by atoms with van der Waals surface area (Å²) in [6, 6.07) is 17.5. The number of carboxylic acid groups (broad SMARTS) is 1. The van der Waals surface area contributed by atoms with E-state index in [2.05, 4.69) is 4.98 Å². The highest BCUT2D eigenvalue weighted by atomic mass is 32.2. The predicted octanol–water partition coefficient (Wildman–Crippen LogP) is 4.39. The lowest BCUT2D eigenvalue weighted by Gasteiger charge is -2.06. The van der Waals surface area contributed by atoms with Crippen molar-refractivity contribution in [3.63, 3.8) is 0 Å². The molecule has 0 aliphatic carbocycles. The molecule has 0 amide bonds. The van der Waals surface area contributed by atoms with Gasteiger partial charge in [-0.05, 0) is 11.6 Å². The van der Waals surface area contributed by atoms with Crippen LogP contribution in [-0.4, -0.2) is 16.1 Å². The van der Waals surface area contributed by atoms with Crippen LogP contribution in [0, 0.1) is 0 Å². The minimum atomic E-state index is -0.943. The lowest BCUT2D eigenvalue weighted by atomic mass is 10.2. The summed E-state index contributed by atoms with van der Waals surface area (Å²) >= 11 is 1.46. The summed E-state index contributed by atoms with van der Waals surface area (Å²) in [5.74, 6) is -0.943. The van der Waals surface area contributed by atoms with Crippen LogP contribution in [-0.2, 0) is 4.79 Å². The van der Waals surface area contributed by atoms with Gasteiger partial charge in [-0.25, -0.2) is 4.79 Å². The molecular weight excluding hydrogens is 282 g/mol. The van der Waals surface area contributed by atoms with Crippen molar-refractivity contribution in [1.82, 2.24) is 4.98 Å². The number of carboxylic acids is 1. The molecule has 4 heteroatoms. The van der Waals surface area contributed by atoms with E-state index >= 15 is 0 Å². The maximum atomic E-state index is 11.1. The van der Waals surface area contributed by atoms with Gasteiger partial charge in [0, 0.05) is 33.0 Å². The van der Waals surface area contributed by atoms with Gasteiger partial charge >= 0.3 is 5.97 Å². The second kappa shape index (κ2) is 5.89. The zero-order chi connectivity index (χ0) is 14.7. The fourth-order valence-electron chi connectivity index (χ4n) is 2.13. The topological polar surface area (TPSA) is 53.1 Å². The Kier molecular flexibility index (Phi) is 3.79. The molecule has 0 atom stereocenters. The largest absolute Gasteiger partial charge is 0.478 e. The van der Waals surface area contributed by atoms with Gasteiger partial charge in [-0.15, -0.1) is 0 Å². The first-order chi connectivity index (χ1) is 10.2. The summed E-state index contributed by atoms with van der Waals surface area (Å²) < 4.78 is 0. The Hall–Kier alpha value is -2.46. The molecule has 0 aliphatic heterocycles. The maximum absolute atomic E-state index is 11.1. The Bertz CT molecular complexity index is 806. The summed E-state index contributed by atoms with van der Waals surface area (Å²) in [6.07, 6.45) is 3.16. The highest BCUT2D eigenvalue weighted by molar-refractivity contribution is 8.08. The average molecular weight is 295 g/mol. The van der Waals surface area contributed by atoms with Gasteiger partial charge in [0.15, 0.2) is 0 Å². The van der Waals surface area contributed by atoms with Crippen LogP contribution in [0.15, 0.2) is 71.8 Å². The number of nitrogens with one attached hydrogen (secondary N) is 1. The van der Waals surface area contributed by atoms with Crippen molar-refractivity contribution in [2.45, 2.75) is 4.90 Å². The normalized spacial score (nSPS) is 11.7. The van der Waals surface area contributed by atoms with Gasteiger partial charge in [0.25, 0.3) is 0 Å². The van der Waals surface area contributed by atoms with Crippen LogP contribution in [0.1, 0.15) is 5.56 Å². The fourth-order valence-corrected chi connectivity index (χ4v) is 3.19. The molecule has 0 radical (unpaired) electrons. The number of hydrogen-bond acceptors (Lipinski definition) is 2. The van der Waals surface area contributed by atoms with Crippen LogP contribution in [0.5, 0.6) is 0 Å². The first kappa shape index (κ1) is 13.5. The van der Waals surface area contributed by atoms with E-state index in [4.69, 9.17) is 5.11 Å². The van der Waals surface area contributed by atoms with Crippen LogP contribution in [0.3, 0.4) is 0 Å². The van der Waals surface area contributed by atoms with E-state index in [1.54, 1.807) is 0 Å². The summed E-state index contributed by atoms with van der Waals surface area (Å²) in [6.45, 7) is 0. The van der Waals surface area contributed by atoms with Gasteiger partial charge in [0.2, 0.25) is 0 Å². The van der Waals surface area contributed by atoms with E-state index in [9.17, 15) is 4.79 Å². The second-order valence-corrected chi connectivity index (χ2v) is 5.60. The van der Waals surface area contributed by atoms with Gasteiger partial charge < -0.3 is 10.1 Å². The molecule has 0 aliphatic rings. The van der Waals surface area contributed by atoms with Crippen molar-refractivity contribution >= 4 is 33.5 Å². The van der Waals surface area contributed by atoms with Gasteiger partial charge in [-0.2, -0.15) is 0 Å². The number of para-hydroxylation sites is 1. The molecule has 2 N–H and O–H groups in total. The number of aliphatic carboxylic acids is 1. The zero-order valence-corrected chi connectivity index (χ0v) is 11.9. The first-order valence-electron chi connectivity index (χ1n) is 6.48. The molecule has 21 heavy (non-hydrogen) atoms. The van der Waals surface area contributed by atoms with Crippen molar-refractivity contribution in [3.05, 3.63) is 72.4 Å². The van der Waals surface area contributed by atoms with Gasteiger partial charge in [0.05, 0.1) is 0 Å². The molecule has 0 saturated carbocycles. The van der Waals surface area contributed by atoms with Gasteiger partial charge in [-0.1, -0.05) is 60.3 Å². The predicted molar refractivity (Wildman–Crippen MR) is 86.2 cm³/mol. The average Bonchev–Trinajstić information content (AvgIpc) is 2.90. The number of carbonyl (C=O) groups is 1. The Balaban J connectivity index is 2.01. The lowest BCUT2D eigenvalue weighted by molar-refractivity contribution is -0.131. The Morgan fingerprint density at radius 3 is 2.52 bits per heavy atom. The fraction of sp³-hybridized carbons (Fsp3) is 0. The van der Waals surface area contributed by atoms with E-state index in [0.717, 1.165) is 21.4 Å². The van der Waals surface area contributed by atoms with Crippen LogP contribution in [0.25, 0.3) is 15.8 Å². The smallest absolute Gasteiger partial charge is 0.329 e. The Morgan fingerprint density at radius 1 is 1.05 bits per heavy atom. The minimum absolute atomic E-state index is 0.716. The van der Waals surface area contributed by atoms with Crippen LogP contribution < -0.4 is 0 Å². The van der Waals surface area contributed by atoms with Crippen molar-refractivity contribution < 1.29 is 9.90 Å². The standard InChI is InChI=1S/C17H13NO2S/c19-17(20)10-15(12-6-2-1-3-7-12)21-16-11-18-14-9-5-4-8-13(14)16/h1-11,18H,(H,19,20)/b15-10+. The molecule has 2 aromatic carbocycles. The molecule has 0 spiro atoms. The molecule has 0 saturated heterocycles. The third-order valence-corrected chi connectivity index (χ3v) is 4.22. The van der Waals surface area contributed by atoms with E-state index in [-0.39, 0.29) is 0 Å². The second-order valence-electron chi connectivity index (χ2n) is 4.51. The molecule has 3 aromatic rings. The molecule has 104 valence electrons. The van der Waals surface area contributed by atoms with Gasteiger partial charge in [-0.3, -0.25) is 0 Å². The van der Waals surface area contributed by atoms with Gasteiger partial charge in [0.1, 0.15) is 0 Å². The van der Waals surface area contributed by atoms with Crippen LogP contribution >= 0.6 is 11.8 Å². The number of fused-ring (bicyclic) bond motifs is 1. The van der Waals surface area contributed by atoms with Crippen molar-refractivity contribution in [2.24, 2.45) is 0 Å². The van der Waals surface area contributed by atoms with Crippen molar-refractivity contribution in [3.8, 4) is 0 Å². The number of aromatic amines is 1.